The SMILES string of the molecule is Clc1nc(N2Cc3ccccc3C2)nc(-n2cncn2)n1. The monoisotopic (exact) mass is 299 g/mol. The van der Waals surface area contributed by atoms with Gasteiger partial charge >= 0.3 is 0 Å². The molecule has 0 spiro atoms. The van der Waals surface area contributed by atoms with Gasteiger partial charge in [0.15, 0.2) is 0 Å². The molecule has 7 nitrogen and oxygen atoms in total. The third kappa shape index (κ3) is 2.21. The highest BCUT2D eigenvalue weighted by molar-refractivity contribution is 6.28. The van der Waals surface area contributed by atoms with E-state index in [9.17, 15) is 0 Å². The summed E-state index contributed by atoms with van der Waals surface area (Å²) in [5.74, 6) is 0.898. The lowest BCUT2D eigenvalue weighted by atomic mass is 10.1. The minimum Gasteiger partial charge on any atom is -0.332 e. The van der Waals surface area contributed by atoms with Crippen molar-refractivity contribution in [1.82, 2.24) is 29.7 Å². The lowest BCUT2D eigenvalue weighted by Gasteiger charge is -2.15. The molecule has 8 heteroatoms. The predicted octanol–water partition coefficient (Wildman–Crippen LogP) is 1.63. The number of hydrogen-bond acceptors (Lipinski definition) is 6. The average Bonchev–Trinajstić information content (AvgIpc) is 3.16. The molecule has 104 valence electrons. The highest BCUT2D eigenvalue weighted by Crippen LogP contribution is 2.26. The van der Waals surface area contributed by atoms with Crippen LogP contribution in [0.25, 0.3) is 5.95 Å². The summed E-state index contributed by atoms with van der Waals surface area (Å²) in [5, 5.41) is 4.15. The Morgan fingerprint density at radius 3 is 2.33 bits per heavy atom. The van der Waals surface area contributed by atoms with E-state index < -0.39 is 0 Å². The third-order valence-electron chi connectivity index (χ3n) is 3.33. The van der Waals surface area contributed by atoms with Gasteiger partial charge in [0, 0.05) is 13.1 Å². The maximum atomic E-state index is 6.01. The number of fused-ring (bicyclic) bond motifs is 1. The van der Waals surface area contributed by atoms with Crippen molar-refractivity contribution in [3.63, 3.8) is 0 Å². The summed E-state index contributed by atoms with van der Waals surface area (Å²) in [6.07, 6.45) is 2.94. The molecule has 4 rings (SSSR count). The van der Waals surface area contributed by atoms with Crippen LogP contribution < -0.4 is 4.90 Å². The lowest BCUT2D eigenvalue weighted by molar-refractivity contribution is 0.760. The van der Waals surface area contributed by atoms with Gasteiger partial charge in [0.1, 0.15) is 12.7 Å². The first kappa shape index (κ1) is 12.2. The zero-order valence-electron chi connectivity index (χ0n) is 10.9. The Morgan fingerprint density at radius 1 is 0.952 bits per heavy atom. The van der Waals surface area contributed by atoms with E-state index in [1.54, 1.807) is 0 Å². The summed E-state index contributed by atoms with van der Waals surface area (Å²) in [5.41, 5.74) is 2.55. The van der Waals surface area contributed by atoms with E-state index >= 15 is 0 Å². The van der Waals surface area contributed by atoms with Crippen molar-refractivity contribution in [3.8, 4) is 5.95 Å². The summed E-state index contributed by atoms with van der Waals surface area (Å²) in [7, 11) is 0. The van der Waals surface area contributed by atoms with Gasteiger partial charge in [-0.3, -0.25) is 0 Å². The van der Waals surface area contributed by atoms with Crippen LogP contribution in [0.15, 0.2) is 36.9 Å². The Kier molecular flexibility index (Phi) is 2.78. The largest absolute Gasteiger partial charge is 0.332 e. The Hall–Kier alpha value is -2.54. The number of hydrogen-bond donors (Lipinski definition) is 0. The van der Waals surface area contributed by atoms with Gasteiger partial charge in [-0.1, -0.05) is 24.3 Å². The van der Waals surface area contributed by atoms with Crippen molar-refractivity contribution in [2.24, 2.45) is 0 Å². The van der Waals surface area contributed by atoms with Crippen molar-refractivity contribution >= 4 is 17.5 Å². The van der Waals surface area contributed by atoms with E-state index in [0.717, 1.165) is 13.1 Å². The topological polar surface area (TPSA) is 72.6 Å². The Balaban J connectivity index is 1.71. The van der Waals surface area contributed by atoms with Crippen LogP contribution in [0.5, 0.6) is 0 Å². The molecule has 0 atom stereocenters. The predicted molar refractivity (Wildman–Crippen MR) is 76.1 cm³/mol. The number of aromatic nitrogens is 6. The van der Waals surface area contributed by atoms with Gasteiger partial charge in [0.2, 0.25) is 11.2 Å². The van der Waals surface area contributed by atoms with E-state index in [2.05, 4.69) is 42.1 Å². The number of benzene rings is 1. The van der Waals surface area contributed by atoms with E-state index in [-0.39, 0.29) is 5.28 Å². The molecule has 0 fully saturated rings. The van der Waals surface area contributed by atoms with Gasteiger partial charge in [-0.05, 0) is 22.7 Å². The van der Waals surface area contributed by atoms with Crippen LogP contribution in [0.4, 0.5) is 5.95 Å². The molecule has 0 aliphatic carbocycles. The summed E-state index contributed by atoms with van der Waals surface area (Å²) < 4.78 is 1.46. The molecule has 3 aromatic rings. The fourth-order valence-corrected chi connectivity index (χ4v) is 2.51. The van der Waals surface area contributed by atoms with Gasteiger partial charge in [0.25, 0.3) is 5.95 Å². The van der Waals surface area contributed by atoms with Gasteiger partial charge < -0.3 is 4.90 Å². The summed E-state index contributed by atoms with van der Waals surface area (Å²) in [6, 6.07) is 8.28. The normalized spacial score (nSPS) is 13.5. The van der Waals surface area contributed by atoms with Crippen LogP contribution in [0.1, 0.15) is 11.1 Å². The van der Waals surface area contributed by atoms with E-state index in [1.165, 1.54) is 28.5 Å². The summed E-state index contributed by atoms with van der Waals surface area (Å²) in [4.78, 5) is 18.6. The quantitative estimate of drug-likeness (QED) is 0.716. The Labute approximate surface area is 125 Å². The van der Waals surface area contributed by atoms with E-state index in [4.69, 9.17) is 11.6 Å². The highest BCUT2D eigenvalue weighted by atomic mass is 35.5. The molecule has 0 N–H and O–H groups in total. The van der Waals surface area contributed by atoms with Crippen LogP contribution in [0.2, 0.25) is 5.28 Å². The van der Waals surface area contributed by atoms with Crippen LogP contribution in [0.3, 0.4) is 0 Å². The third-order valence-corrected chi connectivity index (χ3v) is 3.50. The first-order chi connectivity index (χ1) is 10.3. The molecule has 0 unspecified atom stereocenters. The molecule has 0 radical (unpaired) electrons. The smallest absolute Gasteiger partial charge is 0.258 e. The first-order valence-corrected chi connectivity index (χ1v) is 6.76. The second kappa shape index (κ2) is 4.78. The molecule has 21 heavy (non-hydrogen) atoms. The Morgan fingerprint density at radius 2 is 1.67 bits per heavy atom. The lowest BCUT2D eigenvalue weighted by Crippen LogP contribution is -2.19. The molecule has 3 heterocycles. The summed E-state index contributed by atoms with van der Waals surface area (Å²) in [6.45, 7) is 1.51. The molecule has 0 amide bonds. The fraction of sp³-hybridized carbons (Fsp3) is 0.154. The van der Waals surface area contributed by atoms with Crippen LogP contribution in [0, 0.1) is 0 Å². The molecular formula is C13H10ClN7. The van der Waals surface area contributed by atoms with Crippen molar-refractivity contribution < 1.29 is 0 Å². The molecule has 1 aliphatic rings. The van der Waals surface area contributed by atoms with Crippen molar-refractivity contribution in [3.05, 3.63) is 53.3 Å². The molecule has 1 aromatic carbocycles. The minimum atomic E-state index is 0.140. The maximum Gasteiger partial charge on any atom is 0.258 e. The number of anilines is 1. The second-order valence-electron chi connectivity index (χ2n) is 4.67. The zero-order valence-corrected chi connectivity index (χ0v) is 11.6. The Bertz CT molecular complexity index is 762. The molecule has 0 bridgehead atoms. The van der Waals surface area contributed by atoms with Gasteiger partial charge in [0.05, 0.1) is 0 Å². The molecule has 1 aliphatic heterocycles. The fourth-order valence-electron chi connectivity index (χ4n) is 2.36. The molecule has 0 saturated heterocycles. The van der Waals surface area contributed by atoms with Crippen LogP contribution in [-0.4, -0.2) is 29.7 Å². The van der Waals surface area contributed by atoms with Crippen molar-refractivity contribution in [2.45, 2.75) is 13.1 Å². The first-order valence-electron chi connectivity index (χ1n) is 6.38. The number of nitrogens with zero attached hydrogens (tertiary/aromatic N) is 7. The van der Waals surface area contributed by atoms with E-state index in [0.29, 0.717) is 11.9 Å². The number of rotatable bonds is 2. The molecular weight excluding hydrogens is 290 g/mol. The molecule has 0 saturated carbocycles. The van der Waals surface area contributed by atoms with Gasteiger partial charge in [-0.25, -0.2) is 4.98 Å². The van der Waals surface area contributed by atoms with Crippen molar-refractivity contribution in [2.75, 3.05) is 4.90 Å². The second-order valence-corrected chi connectivity index (χ2v) is 5.01. The van der Waals surface area contributed by atoms with Crippen LogP contribution in [-0.2, 0) is 13.1 Å². The standard InChI is InChI=1S/C13H10ClN7/c14-11-17-12(19-13(18-11)21-8-15-7-16-21)20-5-9-3-1-2-4-10(9)6-20/h1-4,7-8H,5-6H2. The summed E-state index contributed by atoms with van der Waals surface area (Å²) >= 11 is 6.01. The minimum absolute atomic E-state index is 0.140. The van der Waals surface area contributed by atoms with Gasteiger partial charge in [-0.2, -0.15) is 24.7 Å². The highest BCUT2D eigenvalue weighted by Gasteiger charge is 2.22. The number of halogens is 1. The maximum absolute atomic E-state index is 6.01. The van der Waals surface area contributed by atoms with Gasteiger partial charge in [-0.15, -0.1) is 0 Å². The van der Waals surface area contributed by atoms with Crippen molar-refractivity contribution in [1.29, 1.82) is 0 Å². The average molecular weight is 300 g/mol. The van der Waals surface area contributed by atoms with Crippen LogP contribution >= 0.6 is 11.6 Å². The zero-order chi connectivity index (χ0) is 14.2. The molecule has 2 aromatic heterocycles. The van der Waals surface area contributed by atoms with E-state index in [1.807, 2.05) is 12.1 Å².